The lowest BCUT2D eigenvalue weighted by Gasteiger charge is -2.29. The van der Waals surface area contributed by atoms with Crippen molar-refractivity contribution < 1.29 is 23.8 Å². The number of carbonyl (C=O) groups is 2. The number of ether oxygens (including phenoxy) is 3. The third-order valence-electron chi connectivity index (χ3n) is 4.39. The lowest BCUT2D eigenvalue weighted by Crippen LogP contribution is -2.54. The van der Waals surface area contributed by atoms with Crippen molar-refractivity contribution in [2.75, 3.05) is 18.6 Å². The summed E-state index contributed by atoms with van der Waals surface area (Å²) in [7, 11) is 1.53. The fraction of sp³-hybridized carbons (Fsp3) is 0.261. The van der Waals surface area contributed by atoms with Crippen molar-refractivity contribution in [3.05, 3.63) is 53.6 Å². The molecular formula is C23H24N2O5S. The van der Waals surface area contributed by atoms with Gasteiger partial charge in [0.15, 0.2) is 16.6 Å². The maximum absolute atomic E-state index is 13.3. The zero-order valence-corrected chi connectivity index (χ0v) is 18.6. The first-order valence-electron chi connectivity index (χ1n) is 9.83. The van der Waals surface area contributed by atoms with Crippen LogP contribution in [0.3, 0.4) is 0 Å². The van der Waals surface area contributed by atoms with E-state index in [1.165, 1.54) is 18.1 Å². The van der Waals surface area contributed by atoms with Crippen LogP contribution in [0.15, 0.2) is 48.0 Å². The molecule has 0 atom stereocenters. The smallest absolute Gasteiger partial charge is 0.270 e. The second kappa shape index (κ2) is 9.61. The molecule has 8 heteroatoms. The zero-order valence-electron chi connectivity index (χ0n) is 17.8. The highest BCUT2D eigenvalue weighted by Gasteiger charge is 2.34. The molecule has 31 heavy (non-hydrogen) atoms. The van der Waals surface area contributed by atoms with E-state index in [0.29, 0.717) is 35.1 Å². The van der Waals surface area contributed by atoms with Crippen molar-refractivity contribution in [1.82, 2.24) is 5.32 Å². The zero-order chi connectivity index (χ0) is 22.5. The van der Waals surface area contributed by atoms with Gasteiger partial charge in [0, 0.05) is 5.56 Å². The lowest BCUT2D eigenvalue weighted by atomic mass is 10.1. The van der Waals surface area contributed by atoms with Crippen molar-refractivity contribution in [2.45, 2.75) is 26.9 Å². The quantitative estimate of drug-likeness (QED) is 0.402. The number of amides is 2. The van der Waals surface area contributed by atoms with Crippen LogP contribution in [0.2, 0.25) is 0 Å². The molecule has 2 amide bonds. The van der Waals surface area contributed by atoms with E-state index < -0.39 is 11.8 Å². The first-order valence-corrected chi connectivity index (χ1v) is 10.2. The van der Waals surface area contributed by atoms with Gasteiger partial charge in [0.1, 0.15) is 11.3 Å². The Bertz CT molecular complexity index is 1030. The molecule has 1 heterocycles. The van der Waals surface area contributed by atoms with E-state index in [1.807, 2.05) is 20.8 Å². The fourth-order valence-corrected chi connectivity index (χ4v) is 3.36. The number of hydrogen-bond donors (Lipinski definition) is 1. The Morgan fingerprint density at radius 1 is 1.13 bits per heavy atom. The molecule has 2 aromatic rings. The normalized spacial score (nSPS) is 15.3. The average Bonchev–Trinajstić information content (AvgIpc) is 2.73. The topological polar surface area (TPSA) is 77.1 Å². The Balaban J connectivity index is 2.01. The Morgan fingerprint density at radius 3 is 2.45 bits per heavy atom. The van der Waals surface area contributed by atoms with Gasteiger partial charge in [0.2, 0.25) is 0 Å². The van der Waals surface area contributed by atoms with Crippen LogP contribution < -0.4 is 24.4 Å². The summed E-state index contributed by atoms with van der Waals surface area (Å²) in [5.41, 5.74) is 1.00. The largest absolute Gasteiger partial charge is 0.494 e. The Morgan fingerprint density at radius 2 is 1.84 bits per heavy atom. The van der Waals surface area contributed by atoms with Gasteiger partial charge in [0.25, 0.3) is 11.8 Å². The van der Waals surface area contributed by atoms with Crippen LogP contribution in [0, 0.1) is 0 Å². The van der Waals surface area contributed by atoms with Crippen molar-refractivity contribution >= 4 is 40.9 Å². The fourth-order valence-electron chi connectivity index (χ4n) is 3.07. The van der Waals surface area contributed by atoms with Crippen molar-refractivity contribution in [3.63, 3.8) is 0 Å². The molecule has 0 spiro atoms. The van der Waals surface area contributed by atoms with E-state index >= 15 is 0 Å². The number of nitrogens with one attached hydrogen (secondary N) is 1. The van der Waals surface area contributed by atoms with Gasteiger partial charge in [-0.15, -0.1) is 0 Å². The van der Waals surface area contributed by atoms with E-state index in [9.17, 15) is 9.59 Å². The second-order valence-corrected chi connectivity index (χ2v) is 7.32. The first-order chi connectivity index (χ1) is 14.8. The maximum atomic E-state index is 13.3. The van der Waals surface area contributed by atoms with Gasteiger partial charge < -0.3 is 14.2 Å². The summed E-state index contributed by atoms with van der Waals surface area (Å²) < 4.78 is 16.7. The summed E-state index contributed by atoms with van der Waals surface area (Å²) in [4.78, 5) is 27.2. The number of para-hydroxylation sites is 1. The molecule has 0 saturated carbocycles. The summed E-state index contributed by atoms with van der Waals surface area (Å²) in [5.74, 6) is 0.527. The summed E-state index contributed by atoms with van der Waals surface area (Å²) >= 11 is 5.26. The number of carbonyl (C=O) groups excluding carboxylic acids is 2. The van der Waals surface area contributed by atoms with Crippen molar-refractivity contribution in [2.24, 2.45) is 0 Å². The van der Waals surface area contributed by atoms with E-state index in [1.54, 1.807) is 42.5 Å². The van der Waals surface area contributed by atoms with Gasteiger partial charge in [-0.2, -0.15) is 0 Å². The third kappa shape index (κ3) is 4.86. The van der Waals surface area contributed by atoms with Gasteiger partial charge in [-0.1, -0.05) is 12.1 Å². The van der Waals surface area contributed by atoms with Gasteiger partial charge >= 0.3 is 0 Å². The number of methoxy groups -OCH3 is 1. The van der Waals surface area contributed by atoms with Gasteiger partial charge in [-0.05, 0) is 69.4 Å². The molecule has 0 unspecified atom stereocenters. The van der Waals surface area contributed by atoms with Crippen molar-refractivity contribution in [1.29, 1.82) is 0 Å². The standard InChI is InChI=1S/C23H24N2O5S/c1-5-29-17-11-9-16(10-12-17)25-22(27)18(21(26)24-23(25)31)13-15-7-6-8-19(28-4)20(15)30-14(2)3/h6-14H,5H2,1-4H3,(H,24,26,31). The molecule has 1 N–H and O–H groups in total. The SMILES string of the molecule is CCOc1ccc(N2C(=O)C(=Cc3cccc(OC)c3OC(C)C)C(=O)NC2=S)cc1. The Labute approximate surface area is 186 Å². The molecule has 0 aromatic heterocycles. The highest BCUT2D eigenvalue weighted by atomic mass is 32.1. The highest BCUT2D eigenvalue weighted by molar-refractivity contribution is 7.80. The van der Waals surface area contributed by atoms with Crippen LogP contribution in [0.25, 0.3) is 6.08 Å². The van der Waals surface area contributed by atoms with Gasteiger partial charge in [-0.3, -0.25) is 19.8 Å². The number of rotatable bonds is 7. The van der Waals surface area contributed by atoms with Gasteiger partial charge in [0.05, 0.1) is 25.5 Å². The minimum atomic E-state index is -0.574. The molecular weight excluding hydrogens is 416 g/mol. The number of hydrogen-bond acceptors (Lipinski definition) is 6. The monoisotopic (exact) mass is 440 g/mol. The van der Waals surface area contributed by atoms with E-state index in [-0.39, 0.29) is 16.8 Å². The second-order valence-electron chi connectivity index (χ2n) is 6.93. The minimum absolute atomic E-state index is 0.0145. The molecule has 162 valence electrons. The van der Waals surface area contributed by atoms with Crippen LogP contribution in [0.5, 0.6) is 17.2 Å². The molecule has 2 aromatic carbocycles. The first kappa shape index (κ1) is 22.3. The lowest BCUT2D eigenvalue weighted by molar-refractivity contribution is -0.122. The van der Waals surface area contributed by atoms with E-state index in [2.05, 4.69) is 5.32 Å². The molecule has 0 bridgehead atoms. The van der Waals surface area contributed by atoms with E-state index in [0.717, 1.165) is 0 Å². The van der Waals surface area contributed by atoms with E-state index in [4.69, 9.17) is 26.4 Å². The van der Waals surface area contributed by atoms with Crippen LogP contribution in [0.4, 0.5) is 5.69 Å². The highest BCUT2D eigenvalue weighted by Crippen LogP contribution is 2.34. The number of nitrogens with zero attached hydrogens (tertiary/aromatic N) is 1. The molecule has 1 fully saturated rings. The number of thiocarbonyl (C=S) groups is 1. The number of anilines is 1. The molecule has 0 aliphatic carbocycles. The summed E-state index contributed by atoms with van der Waals surface area (Å²) in [6.45, 7) is 6.19. The molecule has 3 rings (SSSR count). The molecule has 7 nitrogen and oxygen atoms in total. The minimum Gasteiger partial charge on any atom is -0.494 e. The maximum Gasteiger partial charge on any atom is 0.270 e. The molecule has 0 radical (unpaired) electrons. The van der Waals surface area contributed by atoms with Crippen LogP contribution in [0.1, 0.15) is 26.3 Å². The molecule has 1 aliphatic heterocycles. The molecule has 1 saturated heterocycles. The van der Waals surface area contributed by atoms with Crippen LogP contribution in [-0.4, -0.2) is 36.7 Å². The average molecular weight is 441 g/mol. The Kier molecular flexibility index (Phi) is 6.91. The summed E-state index contributed by atoms with van der Waals surface area (Å²) in [6, 6.07) is 12.2. The predicted molar refractivity (Wildman–Crippen MR) is 123 cm³/mol. The Hall–Kier alpha value is -3.39. The third-order valence-corrected chi connectivity index (χ3v) is 4.67. The number of benzene rings is 2. The summed E-state index contributed by atoms with van der Waals surface area (Å²) in [5, 5.41) is 2.60. The van der Waals surface area contributed by atoms with Gasteiger partial charge in [-0.25, -0.2) is 0 Å². The summed E-state index contributed by atoms with van der Waals surface area (Å²) in [6.07, 6.45) is 1.36. The molecule has 1 aliphatic rings. The van der Waals surface area contributed by atoms with Crippen LogP contribution >= 0.6 is 12.2 Å². The van der Waals surface area contributed by atoms with Crippen molar-refractivity contribution in [3.8, 4) is 17.2 Å². The van der Waals surface area contributed by atoms with Crippen LogP contribution in [-0.2, 0) is 9.59 Å². The predicted octanol–water partition coefficient (Wildman–Crippen LogP) is 3.71.